The van der Waals surface area contributed by atoms with E-state index < -0.39 is 11.9 Å². The van der Waals surface area contributed by atoms with Crippen LogP contribution in [0.3, 0.4) is 0 Å². The first kappa shape index (κ1) is 20.7. The van der Waals surface area contributed by atoms with Crippen molar-refractivity contribution >= 4 is 22.7 Å². The summed E-state index contributed by atoms with van der Waals surface area (Å²) in [6.45, 7) is 8.71. The van der Waals surface area contributed by atoms with Gasteiger partial charge in [0.2, 0.25) is 0 Å². The lowest BCUT2D eigenvalue weighted by Crippen LogP contribution is -2.16. The number of carbonyl (C=O) groups is 2. The number of ether oxygens (including phenoxy) is 3. The van der Waals surface area contributed by atoms with E-state index in [0.29, 0.717) is 33.6 Å². The minimum atomic E-state index is -0.641. The molecule has 0 aliphatic carbocycles. The molecule has 0 unspecified atom stereocenters. The Balaban J connectivity index is 1.59. The first-order chi connectivity index (χ1) is 14.3. The van der Waals surface area contributed by atoms with E-state index in [0.717, 1.165) is 0 Å². The summed E-state index contributed by atoms with van der Waals surface area (Å²) in [6.07, 6.45) is 0. The van der Waals surface area contributed by atoms with Gasteiger partial charge in [0, 0.05) is 16.3 Å². The molecule has 0 heterocycles. The normalized spacial score (nSPS) is 10.3. The highest BCUT2D eigenvalue weighted by Gasteiger charge is 2.14. The molecule has 0 spiro atoms. The van der Waals surface area contributed by atoms with Gasteiger partial charge in [-0.2, -0.15) is 0 Å². The number of esters is 2. The standard InChI is InChI=1S/C24H20O6/c1-15(2)23(26)29-18-12-10-17(11-13-18)28-14-16(3)24(27)30-22-9-5-6-19-20(22)7-4-8-21(19)25/h4-13,25H,1,3,14H2,2H3. The van der Waals surface area contributed by atoms with Crippen molar-refractivity contribution in [1.29, 1.82) is 0 Å². The topological polar surface area (TPSA) is 82.1 Å². The minimum absolute atomic E-state index is 0.0836. The molecule has 0 fully saturated rings. The molecule has 0 bridgehead atoms. The van der Waals surface area contributed by atoms with Crippen molar-refractivity contribution in [3.05, 3.63) is 85.0 Å². The van der Waals surface area contributed by atoms with Crippen LogP contribution in [0.4, 0.5) is 0 Å². The van der Waals surface area contributed by atoms with Crippen LogP contribution in [0.1, 0.15) is 6.92 Å². The SMILES string of the molecule is C=C(C)C(=O)Oc1ccc(OCC(=C)C(=O)Oc2cccc3c(O)cccc23)cc1. The molecule has 0 aliphatic heterocycles. The molecule has 0 saturated heterocycles. The third-order valence-corrected chi connectivity index (χ3v) is 4.15. The number of phenolic OH excluding ortho intramolecular Hbond substituents is 1. The van der Waals surface area contributed by atoms with E-state index in [1.165, 1.54) is 0 Å². The molecule has 0 saturated carbocycles. The molecule has 3 aromatic carbocycles. The lowest BCUT2D eigenvalue weighted by Gasteiger charge is -2.11. The molecule has 6 heteroatoms. The van der Waals surface area contributed by atoms with Crippen molar-refractivity contribution in [2.45, 2.75) is 6.92 Å². The number of fused-ring (bicyclic) bond motifs is 1. The van der Waals surface area contributed by atoms with Crippen LogP contribution >= 0.6 is 0 Å². The van der Waals surface area contributed by atoms with Crippen LogP contribution in [-0.2, 0) is 9.59 Å². The fourth-order valence-electron chi connectivity index (χ4n) is 2.55. The Kier molecular flexibility index (Phi) is 6.17. The second-order valence-electron chi connectivity index (χ2n) is 6.55. The summed E-state index contributed by atoms with van der Waals surface area (Å²) in [4.78, 5) is 23.9. The van der Waals surface area contributed by atoms with Gasteiger partial charge in [0.25, 0.3) is 0 Å². The van der Waals surface area contributed by atoms with E-state index in [2.05, 4.69) is 13.2 Å². The van der Waals surface area contributed by atoms with Crippen LogP contribution in [0.15, 0.2) is 85.0 Å². The molecule has 0 aliphatic rings. The van der Waals surface area contributed by atoms with Crippen molar-refractivity contribution in [3.63, 3.8) is 0 Å². The predicted molar refractivity (Wildman–Crippen MR) is 113 cm³/mol. The molecule has 0 aromatic heterocycles. The predicted octanol–water partition coefficient (Wildman–Crippen LogP) is 4.57. The van der Waals surface area contributed by atoms with Crippen LogP contribution in [0.2, 0.25) is 0 Å². The molecular weight excluding hydrogens is 384 g/mol. The lowest BCUT2D eigenvalue weighted by molar-refractivity contribution is -0.131. The van der Waals surface area contributed by atoms with Crippen LogP contribution in [0.25, 0.3) is 10.8 Å². The van der Waals surface area contributed by atoms with Gasteiger partial charge in [0.1, 0.15) is 29.6 Å². The highest BCUT2D eigenvalue weighted by molar-refractivity contribution is 5.97. The first-order valence-corrected chi connectivity index (χ1v) is 9.06. The largest absolute Gasteiger partial charge is 0.507 e. The zero-order valence-electron chi connectivity index (χ0n) is 16.4. The second kappa shape index (κ2) is 8.96. The molecule has 0 atom stereocenters. The Morgan fingerprint density at radius 2 is 1.47 bits per heavy atom. The van der Waals surface area contributed by atoms with Gasteiger partial charge in [-0.1, -0.05) is 37.4 Å². The zero-order valence-corrected chi connectivity index (χ0v) is 16.4. The van der Waals surface area contributed by atoms with Crippen molar-refractivity contribution in [2.75, 3.05) is 6.61 Å². The molecule has 3 rings (SSSR count). The van der Waals surface area contributed by atoms with Crippen molar-refractivity contribution in [2.24, 2.45) is 0 Å². The van der Waals surface area contributed by atoms with Crippen LogP contribution in [0, 0.1) is 0 Å². The third-order valence-electron chi connectivity index (χ3n) is 4.15. The average Bonchev–Trinajstić information content (AvgIpc) is 2.73. The van der Waals surface area contributed by atoms with Crippen molar-refractivity contribution in [1.82, 2.24) is 0 Å². The summed E-state index contributed by atoms with van der Waals surface area (Å²) >= 11 is 0. The maximum absolute atomic E-state index is 12.4. The molecule has 30 heavy (non-hydrogen) atoms. The molecule has 1 N–H and O–H groups in total. The average molecular weight is 404 g/mol. The molecule has 6 nitrogen and oxygen atoms in total. The Morgan fingerprint density at radius 3 is 2.17 bits per heavy atom. The van der Waals surface area contributed by atoms with E-state index >= 15 is 0 Å². The summed E-state index contributed by atoms with van der Waals surface area (Å²) in [6, 6.07) is 16.4. The number of benzene rings is 3. The smallest absolute Gasteiger partial charge is 0.342 e. The van der Waals surface area contributed by atoms with Gasteiger partial charge in [0.05, 0.1) is 5.57 Å². The minimum Gasteiger partial charge on any atom is -0.507 e. The van der Waals surface area contributed by atoms with Crippen LogP contribution in [0.5, 0.6) is 23.0 Å². The number of aromatic hydroxyl groups is 1. The van der Waals surface area contributed by atoms with Crippen LogP contribution in [-0.4, -0.2) is 23.7 Å². The number of hydrogen-bond donors (Lipinski definition) is 1. The van der Waals surface area contributed by atoms with E-state index in [1.807, 2.05) is 0 Å². The Bertz CT molecular complexity index is 1130. The number of carbonyl (C=O) groups excluding carboxylic acids is 2. The Morgan fingerprint density at radius 1 is 0.833 bits per heavy atom. The van der Waals surface area contributed by atoms with Gasteiger partial charge in [-0.25, -0.2) is 9.59 Å². The van der Waals surface area contributed by atoms with Crippen molar-refractivity contribution < 1.29 is 28.9 Å². The van der Waals surface area contributed by atoms with E-state index in [-0.39, 0.29) is 17.9 Å². The summed E-state index contributed by atoms with van der Waals surface area (Å²) in [5.74, 6) is 0.0875. The molecule has 3 aromatic rings. The summed E-state index contributed by atoms with van der Waals surface area (Å²) in [5.41, 5.74) is 0.413. The summed E-state index contributed by atoms with van der Waals surface area (Å²) in [7, 11) is 0. The highest BCUT2D eigenvalue weighted by Crippen LogP contribution is 2.31. The number of phenols is 1. The van der Waals surface area contributed by atoms with E-state index in [1.54, 1.807) is 67.6 Å². The molecule has 0 radical (unpaired) electrons. The zero-order chi connectivity index (χ0) is 21.7. The van der Waals surface area contributed by atoms with Gasteiger partial charge in [0.15, 0.2) is 0 Å². The monoisotopic (exact) mass is 404 g/mol. The maximum Gasteiger partial charge on any atom is 0.342 e. The number of rotatable bonds is 7. The first-order valence-electron chi connectivity index (χ1n) is 9.06. The van der Waals surface area contributed by atoms with E-state index in [9.17, 15) is 14.7 Å². The number of hydrogen-bond acceptors (Lipinski definition) is 6. The van der Waals surface area contributed by atoms with Gasteiger partial charge in [-0.05, 0) is 43.3 Å². The third kappa shape index (κ3) is 4.86. The molecule has 152 valence electrons. The Labute approximate surface area is 173 Å². The second-order valence-corrected chi connectivity index (χ2v) is 6.55. The van der Waals surface area contributed by atoms with Crippen molar-refractivity contribution in [3.8, 4) is 23.0 Å². The molecule has 0 amide bonds. The fraction of sp³-hybridized carbons (Fsp3) is 0.0833. The quantitative estimate of drug-likeness (QED) is 0.353. The van der Waals surface area contributed by atoms with Gasteiger partial charge < -0.3 is 19.3 Å². The summed E-state index contributed by atoms with van der Waals surface area (Å²) in [5, 5.41) is 11.1. The summed E-state index contributed by atoms with van der Waals surface area (Å²) < 4.78 is 16.1. The van der Waals surface area contributed by atoms with Gasteiger partial charge in [-0.15, -0.1) is 0 Å². The van der Waals surface area contributed by atoms with E-state index in [4.69, 9.17) is 14.2 Å². The van der Waals surface area contributed by atoms with Gasteiger partial charge >= 0.3 is 11.9 Å². The lowest BCUT2D eigenvalue weighted by atomic mass is 10.1. The highest BCUT2D eigenvalue weighted by atomic mass is 16.5. The fourth-order valence-corrected chi connectivity index (χ4v) is 2.55. The van der Waals surface area contributed by atoms with Gasteiger partial charge in [-0.3, -0.25) is 0 Å². The van der Waals surface area contributed by atoms with Crippen LogP contribution < -0.4 is 14.2 Å². The molecular formula is C24H20O6. The maximum atomic E-state index is 12.4. The Hall–Kier alpha value is -4.06.